The molecule has 0 N–H and O–H groups in total. The molecule has 0 unspecified atom stereocenters. The number of hydrogen-bond acceptors (Lipinski definition) is 3. The Balaban J connectivity index is 1.60. The molecule has 22 heavy (non-hydrogen) atoms. The van der Waals surface area contributed by atoms with E-state index < -0.39 is 4.92 Å². The number of benzene rings is 1. The van der Waals surface area contributed by atoms with E-state index in [0.29, 0.717) is 11.0 Å². The van der Waals surface area contributed by atoms with E-state index in [-0.39, 0.29) is 5.88 Å². The van der Waals surface area contributed by atoms with E-state index >= 15 is 0 Å². The van der Waals surface area contributed by atoms with Gasteiger partial charge in [-0.05, 0) is 79.4 Å². The van der Waals surface area contributed by atoms with Gasteiger partial charge in [0.15, 0.2) is 0 Å². The van der Waals surface area contributed by atoms with Crippen LogP contribution in [-0.4, -0.2) is 4.92 Å². The molecule has 4 aliphatic rings. The molecule has 0 atom stereocenters. The molecule has 4 nitrogen and oxygen atoms in total. The minimum atomic E-state index is -0.454. The molecular formula is C18H19NO3. The van der Waals surface area contributed by atoms with Gasteiger partial charge in [-0.2, -0.15) is 0 Å². The summed E-state index contributed by atoms with van der Waals surface area (Å²) in [5.74, 6) is 2.56. The fourth-order valence-electron chi connectivity index (χ4n) is 5.91. The van der Waals surface area contributed by atoms with E-state index in [9.17, 15) is 10.1 Å². The van der Waals surface area contributed by atoms with E-state index in [4.69, 9.17) is 4.42 Å². The predicted molar refractivity (Wildman–Crippen MR) is 82.7 cm³/mol. The van der Waals surface area contributed by atoms with Gasteiger partial charge in [0.05, 0.1) is 6.07 Å². The zero-order chi connectivity index (χ0) is 14.9. The van der Waals surface area contributed by atoms with E-state index in [1.54, 1.807) is 6.07 Å². The van der Waals surface area contributed by atoms with E-state index in [2.05, 4.69) is 12.1 Å². The summed E-state index contributed by atoms with van der Waals surface area (Å²) in [5.41, 5.74) is 2.34. The van der Waals surface area contributed by atoms with Gasteiger partial charge in [0.2, 0.25) is 0 Å². The standard InChI is InChI=1S/C18H19NO3/c20-19(21)17-7-14-6-15(1-2-16(14)22-17)18-8-11-3-12(9-18)5-13(4-11)10-18/h1-2,6-7,11-13H,3-5,8-10H2. The molecule has 4 heteroatoms. The van der Waals surface area contributed by atoms with Crippen LogP contribution in [-0.2, 0) is 5.41 Å². The van der Waals surface area contributed by atoms with Crippen LogP contribution in [0.25, 0.3) is 11.0 Å². The lowest BCUT2D eigenvalue weighted by atomic mass is 9.48. The highest BCUT2D eigenvalue weighted by atomic mass is 16.6. The topological polar surface area (TPSA) is 56.3 Å². The highest BCUT2D eigenvalue weighted by Crippen LogP contribution is 2.60. The molecule has 4 saturated carbocycles. The van der Waals surface area contributed by atoms with Gasteiger partial charge in [0.1, 0.15) is 10.5 Å². The maximum atomic E-state index is 10.9. The summed E-state index contributed by atoms with van der Waals surface area (Å²) in [6.45, 7) is 0. The highest BCUT2D eigenvalue weighted by molar-refractivity contribution is 5.80. The average molecular weight is 297 g/mol. The second kappa shape index (κ2) is 4.12. The van der Waals surface area contributed by atoms with E-state index in [1.165, 1.54) is 44.1 Å². The van der Waals surface area contributed by atoms with Crippen LogP contribution in [0.5, 0.6) is 0 Å². The number of nitro groups is 1. The fourth-order valence-corrected chi connectivity index (χ4v) is 5.91. The van der Waals surface area contributed by atoms with Crippen molar-refractivity contribution in [1.82, 2.24) is 0 Å². The summed E-state index contributed by atoms with van der Waals surface area (Å²) in [7, 11) is 0. The van der Waals surface area contributed by atoms with Crippen molar-refractivity contribution in [3.63, 3.8) is 0 Å². The number of rotatable bonds is 2. The molecule has 0 spiro atoms. The maximum Gasteiger partial charge on any atom is 0.434 e. The molecular weight excluding hydrogens is 278 g/mol. The molecule has 114 valence electrons. The quantitative estimate of drug-likeness (QED) is 0.590. The van der Waals surface area contributed by atoms with Crippen molar-refractivity contribution in [3.05, 3.63) is 39.9 Å². The molecule has 4 fully saturated rings. The lowest BCUT2D eigenvalue weighted by molar-refractivity contribution is -0.401. The van der Waals surface area contributed by atoms with Crippen LogP contribution in [0.4, 0.5) is 5.88 Å². The Bertz CT molecular complexity index is 740. The van der Waals surface area contributed by atoms with Crippen molar-refractivity contribution in [1.29, 1.82) is 0 Å². The van der Waals surface area contributed by atoms with Crippen molar-refractivity contribution in [3.8, 4) is 0 Å². The molecule has 2 aromatic rings. The Morgan fingerprint density at radius 3 is 2.27 bits per heavy atom. The zero-order valence-corrected chi connectivity index (χ0v) is 12.5. The Morgan fingerprint density at radius 1 is 1.05 bits per heavy atom. The van der Waals surface area contributed by atoms with Crippen LogP contribution in [0.3, 0.4) is 0 Å². The van der Waals surface area contributed by atoms with Crippen LogP contribution in [0.15, 0.2) is 28.7 Å². The molecule has 1 aromatic carbocycles. The molecule has 4 aliphatic carbocycles. The van der Waals surface area contributed by atoms with Crippen molar-refractivity contribution >= 4 is 16.9 Å². The second-order valence-electron chi connectivity index (χ2n) is 7.79. The van der Waals surface area contributed by atoms with Gasteiger partial charge in [-0.15, -0.1) is 0 Å². The summed E-state index contributed by atoms with van der Waals surface area (Å²) >= 11 is 0. The average Bonchev–Trinajstić information content (AvgIpc) is 2.89. The third kappa shape index (κ3) is 1.70. The number of fused-ring (bicyclic) bond motifs is 1. The summed E-state index contributed by atoms with van der Waals surface area (Å²) < 4.78 is 5.30. The summed E-state index contributed by atoms with van der Waals surface area (Å²) in [6, 6.07) is 7.80. The van der Waals surface area contributed by atoms with Gasteiger partial charge < -0.3 is 4.42 Å². The third-order valence-electron chi connectivity index (χ3n) is 6.33. The number of nitrogens with zero attached hydrogens (tertiary/aromatic N) is 1. The smallest absolute Gasteiger partial charge is 0.401 e. The predicted octanol–water partition coefficient (Wildman–Crippen LogP) is 4.81. The summed E-state index contributed by atoms with van der Waals surface area (Å²) in [5, 5.41) is 11.8. The SMILES string of the molecule is O=[N+]([O-])c1cc2cc(C34CC5CC(CC(C5)C3)C4)ccc2o1. The van der Waals surface area contributed by atoms with Crippen LogP contribution in [0, 0.1) is 27.9 Å². The highest BCUT2D eigenvalue weighted by Gasteiger charge is 2.51. The summed E-state index contributed by atoms with van der Waals surface area (Å²) in [6.07, 6.45) is 8.22. The van der Waals surface area contributed by atoms with Crippen LogP contribution >= 0.6 is 0 Å². The van der Waals surface area contributed by atoms with Gasteiger partial charge in [-0.3, -0.25) is 10.1 Å². The van der Waals surface area contributed by atoms with Gasteiger partial charge in [0, 0.05) is 5.39 Å². The van der Waals surface area contributed by atoms with Crippen molar-refractivity contribution in [2.45, 2.75) is 43.9 Å². The number of hydrogen-bond donors (Lipinski definition) is 0. The third-order valence-corrected chi connectivity index (χ3v) is 6.33. The van der Waals surface area contributed by atoms with Crippen LogP contribution < -0.4 is 0 Å². The Hall–Kier alpha value is -1.84. The fraction of sp³-hybridized carbons (Fsp3) is 0.556. The van der Waals surface area contributed by atoms with Gasteiger partial charge in [-0.1, -0.05) is 6.07 Å². The van der Waals surface area contributed by atoms with E-state index in [0.717, 1.165) is 23.1 Å². The summed E-state index contributed by atoms with van der Waals surface area (Å²) in [4.78, 5) is 10.4. The normalized spacial score (nSPS) is 36.1. The van der Waals surface area contributed by atoms with Crippen molar-refractivity contribution < 1.29 is 9.34 Å². The molecule has 0 saturated heterocycles. The zero-order valence-electron chi connectivity index (χ0n) is 12.5. The Kier molecular flexibility index (Phi) is 2.37. The van der Waals surface area contributed by atoms with Gasteiger partial charge in [0.25, 0.3) is 0 Å². The van der Waals surface area contributed by atoms with Gasteiger partial charge >= 0.3 is 5.88 Å². The minimum Gasteiger partial charge on any atom is -0.401 e. The van der Waals surface area contributed by atoms with Gasteiger partial charge in [-0.25, -0.2) is 0 Å². The first-order valence-electron chi connectivity index (χ1n) is 8.30. The largest absolute Gasteiger partial charge is 0.434 e. The first kappa shape index (κ1) is 12.7. The first-order chi connectivity index (χ1) is 10.6. The number of furan rings is 1. The lowest BCUT2D eigenvalue weighted by Gasteiger charge is -2.57. The second-order valence-corrected chi connectivity index (χ2v) is 7.79. The Labute approximate surface area is 128 Å². The first-order valence-corrected chi connectivity index (χ1v) is 8.30. The van der Waals surface area contributed by atoms with Crippen LogP contribution in [0.1, 0.15) is 44.1 Å². The van der Waals surface area contributed by atoms with Crippen LogP contribution in [0.2, 0.25) is 0 Å². The van der Waals surface area contributed by atoms with Crippen molar-refractivity contribution in [2.75, 3.05) is 0 Å². The molecule has 6 rings (SSSR count). The maximum absolute atomic E-state index is 10.9. The molecule has 1 heterocycles. The molecule has 4 bridgehead atoms. The van der Waals surface area contributed by atoms with E-state index in [1.807, 2.05) is 6.07 Å². The molecule has 0 aliphatic heterocycles. The lowest BCUT2D eigenvalue weighted by Crippen LogP contribution is -2.48. The molecule has 0 amide bonds. The monoisotopic (exact) mass is 297 g/mol. The minimum absolute atomic E-state index is 0.155. The Morgan fingerprint density at radius 2 is 1.68 bits per heavy atom. The molecule has 1 aromatic heterocycles. The van der Waals surface area contributed by atoms with Crippen molar-refractivity contribution in [2.24, 2.45) is 17.8 Å². The molecule has 0 radical (unpaired) electrons.